The van der Waals surface area contributed by atoms with Crippen molar-refractivity contribution in [3.05, 3.63) is 24.3 Å². The van der Waals surface area contributed by atoms with Gasteiger partial charge in [-0.1, -0.05) is 0 Å². The molecule has 6 heteroatoms. The van der Waals surface area contributed by atoms with Crippen LogP contribution in [0.2, 0.25) is 0 Å². The SMILES string of the molecule is CNc1ccc(S(=O)(=O)NC(C)C2CCOC2)cc1. The molecular formula is C13H20N2O3S. The summed E-state index contributed by atoms with van der Waals surface area (Å²) < 4.78 is 32.5. The van der Waals surface area contributed by atoms with Crippen molar-refractivity contribution in [1.29, 1.82) is 0 Å². The summed E-state index contributed by atoms with van der Waals surface area (Å²) in [4.78, 5) is 0.289. The third-order valence-corrected chi connectivity index (χ3v) is 5.04. The third kappa shape index (κ3) is 3.46. The Morgan fingerprint density at radius 2 is 2.00 bits per heavy atom. The molecule has 0 saturated carbocycles. The smallest absolute Gasteiger partial charge is 0.240 e. The standard InChI is InChI=1S/C13H20N2O3S/c1-10(11-7-8-18-9-11)15-19(16,17)13-5-3-12(14-2)4-6-13/h3-6,10-11,14-15H,7-9H2,1-2H3. The second-order valence-corrected chi connectivity index (χ2v) is 6.52. The number of sulfonamides is 1. The minimum absolute atomic E-state index is 0.114. The summed E-state index contributed by atoms with van der Waals surface area (Å²) in [6, 6.07) is 6.59. The minimum atomic E-state index is -3.46. The van der Waals surface area contributed by atoms with Gasteiger partial charge in [-0.3, -0.25) is 0 Å². The summed E-state index contributed by atoms with van der Waals surface area (Å²) in [6.07, 6.45) is 0.905. The van der Waals surface area contributed by atoms with Crippen LogP contribution in [0.3, 0.4) is 0 Å². The minimum Gasteiger partial charge on any atom is -0.388 e. The quantitative estimate of drug-likeness (QED) is 0.858. The monoisotopic (exact) mass is 284 g/mol. The van der Waals surface area contributed by atoms with Crippen LogP contribution in [0.15, 0.2) is 29.2 Å². The van der Waals surface area contributed by atoms with Crippen molar-refractivity contribution >= 4 is 15.7 Å². The zero-order valence-corrected chi connectivity index (χ0v) is 12.0. The van der Waals surface area contributed by atoms with Gasteiger partial charge in [0.2, 0.25) is 10.0 Å². The van der Waals surface area contributed by atoms with Gasteiger partial charge >= 0.3 is 0 Å². The molecule has 1 aliphatic rings. The normalized spacial score (nSPS) is 21.3. The van der Waals surface area contributed by atoms with Crippen molar-refractivity contribution in [3.8, 4) is 0 Å². The fourth-order valence-corrected chi connectivity index (χ4v) is 3.47. The molecule has 0 bridgehead atoms. The topological polar surface area (TPSA) is 67.4 Å². The van der Waals surface area contributed by atoms with Crippen LogP contribution >= 0.6 is 0 Å². The lowest BCUT2D eigenvalue weighted by atomic mass is 10.0. The highest BCUT2D eigenvalue weighted by molar-refractivity contribution is 7.89. The van der Waals surface area contributed by atoms with Crippen LogP contribution in [0.4, 0.5) is 5.69 Å². The summed E-state index contributed by atoms with van der Waals surface area (Å²) >= 11 is 0. The highest BCUT2D eigenvalue weighted by Crippen LogP contribution is 2.19. The summed E-state index contributed by atoms with van der Waals surface area (Å²) in [5.41, 5.74) is 0.885. The van der Waals surface area contributed by atoms with Gasteiger partial charge in [-0.05, 0) is 37.6 Å². The van der Waals surface area contributed by atoms with E-state index in [0.29, 0.717) is 13.2 Å². The first-order valence-corrected chi connectivity index (χ1v) is 7.89. The maximum absolute atomic E-state index is 12.2. The van der Waals surface area contributed by atoms with Gasteiger partial charge in [-0.25, -0.2) is 13.1 Å². The Hall–Kier alpha value is -1.11. The highest BCUT2D eigenvalue weighted by Gasteiger charge is 2.26. The van der Waals surface area contributed by atoms with E-state index < -0.39 is 10.0 Å². The van der Waals surface area contributed by atoms with Gasteiger partial charge in [0.1, 0.15) is 0 Å². The first-order valence-electron chi connectivity index (χ1n) is 6.41. The fourth-order valence-electron chi connectivity index (χ4n) is 2.16. The zero-order valence-electron chi connectivity index (χ0n) is 11.2. The van der Waals surface area contributed by atoms with Crippen molar-refractivity contribution in [1.82, 2.24) is 4.72 Å². The Kier molecular flexibility index (Phi) is 4.44. The maximum Gasteiger partial charge on any atom is 0.240 e. The second kappa shape index (κ2) is 5.90. The van der Waals surface area contributed by atoms with E-state index in [9.17, 15) is 8.42 Å². The van der Waals surface area contributed by atoms with Crippen molar-refractivity contribution in [3.63, 3.8) is 0 Å². The van der Waals surface area contributed by atoms with Gasteiger partial charge in [-0.2, -0.15) is 0 Å². The van der Waals surface area contributed by atoms with Gasteiger partial charge in [0.05, 0.1) is 11.5 Å². The second-order valence-electron chi connectivity index (χ2n) is 4.81. The fraction of sp³-hybridized carbons (Fsp3) is 0.538. The molecular weight excluding hydrogens is 264 g/mol. The molecule has 1 aromatic rings. The maximum atomic E-state index is 12.2. The predicted molar refractivity (Wildman–Crippen MR) is 74.7 cm³/mol. The molecule has 1 aromatic carbocycles. The Morgan fingerprint density at radius 3 is 2.53 bits per heavy atom. The van der Waals surface area contributed by atoms with Crippen LogP contribution in [0, 0.1) is 5.92 Å². The molecule has 19 heavy (non-hydrogen) atoms. The van der Waals surface area contributed by atoms with Crippen LogP contribution in [0.25, 0.3) is 0 Å². The largest absolute Gasteiger partial charge is 0.388 e. The Morgan fingerprint density at radius 1 is 1.32 bits per heavy atom. The molecule has 2 rings (SSSR count). The van der Waals surface area contributed by atoms with Crippen molar-refractivity contribution in [2.24, 2.45) is 5.92 Å². The molecule has 1 aliphatic heterocycles. The number of hydrogen-bond donors (Lipinski definition) is 2. The van der Waals surface area contributed by atoms with Crippen LogP contribution < -0.4 is 10.0 Å². The molecule has 2 unspecified atom stereocenters. The molecule has 5 nitrogen and oxygen atoms in total. The van der Waals surface area contributed by atoms with Gasteiger partial charge in [0.15, 0.2) is 0 Å². The van der Waals surface area contributed by atoms with E-state index in [1.165, 1.54) is 0 Å². The summed E-state index contributed by atoms with van der Waals surface area (Å²) in [7, 11) is -1.66. The van der Waals surface area contributed by atoms with Crippen LogP contribution in [0.1, 0.15) is 13.3 Å². The average Bonchev–Trinajstić information content (AvgIpc) is 2.92. The van der Waals surface area contributed by atoms with Gasteiger partial charge in [0, 0.05) is 31.3 Å². The molecule has 1 heterocycles. The average molecular weight is 284 g/mol. The van der Waals surface area contributed by atoms with E-state index in [2.05, 4.69) is 10.0 Å². The molecule has 1 saturated heterocycles. The first kappa shape index (κ1) is 14.3. The Labute approximate surface area is 114 Å². The molecule has 0 amide bonds. The van der Waals surface area contributed by atoms with E-state index in [4.69, 9.17) is 4.74 Å². The van der Waals surface area contributed by atoms with E-state index in [1.54, 1.807) is 31.3 Å². The first-order chi connectivity index (χ1) is 9.03. The molecule has 2 N–H and O–H groups in total. The van der Waals surface area contributed by atoms with Crippen molar-refractivity contribution < 1.29 is 13.2 Å². The molecule has 0 aromatic heterocycles. The van der Waals surface area contributed by atoms with Crippen LogP contribution in [-0.2, 0) is 14.8 Å². The molecule has 0 aliphatic carbocycles. The van der Waals surface area contributed by atoms with E-state index in [1.807, 2.05) is 6.92 Å². The summed E-state index contributed by atoms with van der Waals surface area (Å²) in [5.74, 6) is 0.256. The number of benzene rings is 1. The lowest BCUT2D eigenvalue weighted by Crippen LogP contribution is -2.38. The number of nitrogens with one attached hydrogen (secondary N) is 2. The molecule has 0 radical (unpaired) electrons. The number of rotatable bonds is 5. The summed E-state index contributed by atoms with van der Waals surface area (Å²) in [5, 5.41) is 2.96. The Bertz CT molecular complexity index is 507. The number of ether oxygens (including phenoxy) is 1. The van der Waals surface area contributed by atoms with Crippen LogP contribution in [-0.4, -0.2) is 34.7 Å². The predicted octanol–water partition coefficient (Wildman–Crippen LogP) is 1.43. The zero-order chi connectivity index (χ0) is 13.9. The van der Waals surface area contributed by atoms with E-state index in [-0.39, 0.29) is 16.9 Å². The summed E-state index contributed by atoms with van der Waals surface area (Å²) in [6.45, 7) is 3.23. The molecule has 106 valence electrons. The number of anilines is 1. The van der Waals surface area contributed by atoms with Gasteiger partial charge in [-0.15, -0.1) is 0 Å². The van der Waals surface area contributed by atoms with E-state index in [0.717, 1.165) is 12.1 Å². The van der Waals surface area contributed by atoms with Crippen molar-refractivity contribution in [2.75, 3.05) is 25.6 Å². The molecule has 1 fully saturated rings. The highest BCUT2D eigenvalue weighted by atomic mass is 32.2. The van der Waals surface area contributed by atoms with Gasteiger partial charge in [0.25, 0.3) is 0 Å². The third-order valence-electron chi connectivity index (χ3n) is 3.47. The van der Waals surface area contributed by atoms with Crippen LogP contribution in [0.5, 0.6) is 0 Å². The van der Waals surface area contributed by atoms with Gasteiger partial charge < -0.3 is 10.1 Å². The lowest BCUT2D eigenvalue weighted by molar-refractivity contribution is 0.180. The molecule has 0 spiro atoms. The van der Waals surface area contributed by atoms with E-state index >= 15 is 0 Å². The lowest BCUT2D eigenvalue weighted by Gasteiger charge is -2.19. The number of hydrogen-bond acceptors (Lipinski definition) is 4. The molecule has 2 atom stereocenters. The Balaban J connectivity index is 2.08. The van der Waals surface area contributed by atoms with Crippen molar-refractivity contribution in [2.45, 2.75) is 24.3 Å².